The maximum absolute atomic E-state index is 12.3. The zero-order valence-electron chi connectivity index (χ0n) is 14.0. The molecule has 138 valence electrons. The van der Waals surface area contributed by atoms with E-state index in [1.165, 1.54) is 13.3 Å². The number of hydrogen-bond acceptors (Lipinski definition) is 4. The van der Waals surface area contributed by atoms with Crippen molar-refractivity contribution < 1.29 is 13.9 Å². The van der Waals surface area contributed by atoms with E-state index in [-0.39, 0.29) is 0 Å². The Morgan fingerprint density at radius 2 is 2.04 bits per heavy atom. The minimum Gasteiger partial charge on any atom is -0.496 e. The molecule has 0 radical (unpaired) electrons. The number of halogens is 3. The number of furan rings is 1. The third-order valence-electron chi connectivity index (χ3n) is 3.61. The number of methoxy groups -OCH3 is 1. The van der Waals surface area contributed by atoms with Gasteiger partial charge in [-0.1, -0.05) is 45.2 Å². The van der Waals surface area contributed by atoms with Crippen LogP contribution in [-0.4, -0.2) is 19.2 Å². The number of nitrogens with zero attached hydrogens (tertiary/aromatic N) is 1. The van der Waals surface area contributed by atoms with E-state index in [9.17, 15) is 4.79 Å². The first-order chi connectivity index (χ1) is 13.0. The van der Waals surface area contributed by atoms with Gasteiger partial charge in [0.25, 0.3) is 5.91 Å². The normalized spacial score (nSPS) is 11.0. The molecule has 3 rings (SSSR count). The molecular formula is C19H13BrCl2N2O3. The summed E-state index contributed by atoms with van der Waals surface area (Å²) in [6.07, 6.45) is 1.39. The molecular weight excluding hydrogens is 455 g/mol. The van der Waals surface area contributed by atoms with Crippen molar-refractivity contribution in [3.05, 3.63) is 74.4 Å². The molecule has 8 heteroatoms. The summed E-state index contributed by atoms with van der Waals surface area (Å²) >= 11 is 15.5. The third kappa shape index (κ3) is 4.53. The molecule has 1 N–H and O–H groups in total. The Hall–Kier alpha value is -2.28. The Morgan fingerprint density at radius 3 is 2.81 bits per heavy atom. The van der Waals surface area contributed by atoms with Crippen LogP contribution < -0.4 is 10.2 Å². The summed E-state index contributed by atoms with van der Waals surface area (Å²) in [6, 6.07) is 13.9. The first-order valence-corrected chi connectivity index (χ1v) is 9.25. The van der Waals surface area contributed by atoms with Crippen LogP contribution in [0.25, 0.3) is 11.3 Å². The molecule has 0 aliphatic carbocycles. The molecule has 0 saturated carbocycles. The van der Waals surface area contributed by atoms with Gasteiger partial charge in [0.1, 0.15) is 17.3 Å². The van der Waals surface area contributed by atoms with Gasteiger partial charge in [0.15, 0.2) is 0 Å². The predicted octanol–water partition coefficient (Wildman–Crippen LogP) is 5.79. The number of rotatable bonds is 5. The first-order valence-electron chi connectivity index (χ1n) is 7.70. The molecule has 0 bridgehead atoms. The van der Waals surface area contributed by atoms with Gasteiger partial charge in [-0.05, 0) is 42.5 Å². The van der Waals surface area contributed by atoms with Crippen molar-refractivity contribution in [1.82, 2.24) is 5.43 Å². The van der Waals surface area contributed by atoms with Crippen LogP contribution in [0.15, 0.2) is 62.5 Å². The number of nitrogens with one attached hydrogen (secondary N) is 1. The van der Waals surface area contributed by atoms with Gasteiger partial charge in [-0.2, -0.15) is 5.10 Å². The highest BCUT2D eigenvalue weighted by atomic mass is 79.9. The lowest BCUT2D eigenvalue weighted by molar-refractivity contribution is 0.0952. The molecule has 27 heavy (non-hydrogen) atoms. The smallest absolute Gasteiger partial charge is 0.275 e. The lowest BCUT2D eigenvalue weighted by Crippen LogP contribution is -2.18. The van der Waals surface area contributed by atoms with E-state index in [0.717, 1.165) is 4.47 Å². The van der Waals surface area contributed by atoms with Crippen molar-refractivity contribution in [2.45, 2.75) is 0 Å². The van der Waals surface area contributed by atoms with Crippen molar-refractivity contribution in [3.63, 3.8) is 0 Å². The van der Waals surface area contributed by atoms with Crippen molar-refractivity contribution >= 4 is 51.3 Å². The molecule has 5 nitrogen and oxygen atoms in total. The summed E-state index contributed by atoms with van der Waals surface area (Å²) < 4.78 is 11.6. The standard InChI is InChI=1S/C19H13BrCl2N2O3/c1-26-16-7-5-11(20)9-14(16)19(25)24-23-10-12-6-8-17(27-12)13-3-2-4-15(21)18(13)22/h2-10H,1H3,(H,24,25). The van der Waals surface area contributed by atoms with E-state index in [0.29, 0.717) is 38.4 Å². The summed E-state index contributed by atoms with van der Waals surface area (Å²) in [7, 11) is 1.49. The van der Waals surface area contributed by atoms with Gasteiger partial charge in [0.2, 0.25) is 0 Å². The fourth-order valence-corrected chi connectivity index (χ4v) is 3.09. The van der Waals surface area contributed by atoms with E-state index >= 15 is 0 Å². The average Bonchev–Trinajstić information content (AvgIpc) is 3.12. The van der Waals surface area contributed by atoms with Crippen LogP contribution in [-0.2, 0) is 0 Å². The highest BCUT2D eigenvalue weighted by Gasteiger charge is 2.13. The third-order valence-corrected chi connectivity index (χ3v) is 4.92. The molecule has 1 aromatic heterocycles. The summed E-state index contributed by atoms with van der Waals surface area (Å²) in [4.78, 5) is 12.3. The van der Waals surface area contributed by atoms with E-state index in [4.69, 9.17) is 32.4 Å². The molecule has 2 aromatic carbocycles. The van der Waals surface area contributed by atoms with Gasteiger partial charge in [0, 0.05) is 10.0 Å². The van der Waals surface area contributed by atoms with Crippen molar-refractivity contribution in [2.24, 2.45) is 5.10 Å². The van der Waals surface area contributed by atoms with Crippen LogP contribution in [0.2, 0.25) is 10.0 Å². The summed E-state index contributed by atoms with van der Waals surface area (Å²) in [5.41, 5.74) is 3.47. The van der Waals surface area contributed by atoms with Gasteiger partial charge < -0.3 is 9.15 Å². The number of carbonyl (C=O) groups excluding carboxylic acids is 1. The molecule has 0 atom stereocenters. The van der Waals surface area contributed by atoms with E-state index in [1.807, 2.05) is 0 Å². The largest absolute Gasteiger partial charge is 0.496 e. The fourth-order valence-electron chi connectivity index (χ4n) is 2.33. The number of ether oxygens (including phenoxy) is 1. The highest BCUT2D eigenvalue weighted by molar-refractivity contribution is 9.10. The van der Waals surface area contributed by atoms with Crippen LogP contribution in [0.1, 0.15) is 16.1 Å². The zero-order chi connectivity index (χ0) is 19.4. The number of carbonyl (C=O) groups is 1. The number of amides is 1. The van der Waals surface area contributed by atoms with Gasteiger partial charge in [0.05, 0.1) is 28.9 Å². The summed E-state index contributed by atoms with van der Waals surface area (Å²) in [5.74, 6) is 1.03. The monoisotopic (exact) mass is 466 g/mol. The second-order valence-electron chi connectivity index (χ2n) is 5.35. The average molecular weight is 468 g/mol. The second-order valence-corrected chi connectivity index (χ2v) is 7.05. The second kappa shape index (κ2) is 8.61. The minimum absolute atomic E-state index is 0.356. The lowest BCUT2D eigenvalue weighted by Gasteiger charge is -2.07. The highest BCUT2D eigenvalue weighted by Crippen LogP contribution is 2.34. The molecule has 3 aromatic rings. The Kier molecular flexibility index (Phi) is 6.21. The fraction of sp³-hybridized carbons (Fsp3) is 0.0526. The van der Waals surface area contributed by atoms with E-state index in [2.05, 4.69) is 26.5 Å². The van der Waals surface area contributed by atoms with Crippen molar-refractivity contribution in [2.75, 3.05) is 7.11 Å². The first kappa shape index (κ1) is 19.5. The Labute approximate surface area is 174 Å². The molecule has 0 fully saturated rings. The molecule has 0 spiro atoms. The summed E-state index contributed by atoms with van der Waals surface area (Å²) in [5, 5.41) is 4.77. The van der Waals surface area contributed by atoms with Crippen molar-refractivity contribution in [1.29, 1.82) is 0 Å². The van der Waals surface area contributed by atoms with Gasteiger partial charge >= 0.3 is 0 Å². The maximum atomic E-state index is 12.3. The van der Waals surface area contributed by atoms with Crippen LogP contribution in [0.3, 0.4) is 0 Å². The topological polar surface area (TPSA) is 63.8 Å². The van der Waals surface area contributed by atoms with Crippen LogP contribution in [0.4, 0.5) is 0 Å². The number of benzene rings is 2. The van der Waals surface area contributed by atoms with E-state index < -0.39 is 5.91 Å². The Morgan fingerprint density at radius 1 is 1.22 bits per heavy atom. The lowest BCUT2D eigenvalue weighted by atomic mass is 10.2. The Balaban J connectivity index is 1.73. The number of hydrogen-bond donors (Lipinski definition) is 1. The molecule has 1 amide bonds. The number of hydrazone groups is 1. The zero-order valence-corrected chi connectivity index (χ0v) is 17.1. The molecule has 0 saturated heterocycles. The van der Waals surface area contributed by atoms with E-state index in [1.54, 1.807) is 48.5 Å². The van der Waals surface area contributed by atoms with Gasteiger partial charge in [-0.15, -0.1) is 0 Å². The SMILES string of the molecule is COc1ccc(Br)cc1C(=O)NN=Cc1ccc(-c2cccc(Cl)c2Cl)o1. The molecule has 0 aliphatic rings. The van der Waals surface area contributed by atoms with Crippen molar-refractivity contribution in [3.8, 4) is 17.1 Å². The minimum atomic E-state index is -0.408. The van der Waals surface area contributed by atoms with Gasteiger partial charge in [-0.3, -0.25) is 4.79 Å². The molecule has 0 unspecified atom stereocenters. The quantitative estimate of drug-likeness (QED) is 0.381. The van der Waals surface area contributed by atoms with Crippen LogP contribution in [0, 0.1) is 0 Å². The molecule has 1 heterocycles. The van der Waals surface area contributed by atoms with Gasteiger partial charge in [-0.25, -0.2) is 5.43 Å². The maximum Gasteiger partial charge on any atom is 0.275 e. The van der Waals surface area contributed by atoms with Crippen LogP contribution in [0.5, 0.6) is 5.75 Å². The Bertz CT molecular complexity index is 1020. The summed E-state index contributed by atoms with van der Waals surface area (Å²) in [6.45, 7) is 0. The predicted molar refractivity (Wildman–Crippen MR) is 110 cm³/mol. The van der Waals surface area contributed by atoms with Crippen LogP contribution >= 0.6 is 39.1 Å². The molecule has 0 aliphatic heterocycles.